The van der Waals surface area contributed by atoms with Crippen LogP contribution in [0.1, 0.15) is 63.9 Å². The van der Waals surface area contributed by atoms with Gasteiger partial charge in [0.15, 0.2) is 0 Å². The van der Waals surface area contributed by atoms with Crippen LogP contribution in [-0.4, -0.2) is 55.7 Å². The van der Waals surface area contributed by atoms with Gasteiger partial charge in [-0.1, -0.05) is 44.2 Å². The molecular formula is C29H35N3O5S2. The van der Waals surface area contributed by atoms with Crippen molar-refractivity contribution in [1.82, 2.24) is 9.21 Å². The van der Waals surface area contributed by atoms with Gasteiger partial charge in [-0.3, -0.25) is 9.69 Å². The molecule has 0 unspecified atom stereocenters. The molecule has 4 rings (SSSR count). The minimum absolute atomic E-state index is 0.117. The first-order valence-electron chi connectivity index (χ1n) is 13.3. The highest BCUT2D eigenvalue weighted by molar-refractivity contribution is 7.89. The standard InChI is InChI=1S/C29H35N3O5S2/c1-4-17-31-18-16-24-25(20-31)38-28(26(24)29(34)37-6-3)30-27(33)22-12-14-23(15-13-22)39(35,36)32(5-2)19-21-10-8-7-9-11-21/h7-15H,4-6,16-20H2,1-3H3,(H,30,33). The maximum Gasteiger partial charge on any atom is 0.341 e. The molecule has 39 heavy (non-hydrogen) atoms. The lowest BCUT2D eigenvalue weighted by molar-refractivity contribution is 0.0526. The highest BCUT2D eigenvalue weighted by Crippen LogP contribution is 2.38. The van der Waals surface area contributed by atoms with Crippen LogP contribution in [0.2, 0.25) is 0 Å². The Morgan fingerprint density at radius 1 is 1.05 bits per heavy atom. The summed E-state index contributed by atoms with van der Waals surface area (Å²) in [5.74, 6) is -0.848. The molecule has 0 spiro atoms. The largest absolute Gasteiger partial charge is 0.462 e. The number of carbonyl (C=O) groups excluding carboxylic acids is 2. The van der Waals surface area contributed by atoms with E-state index in [0.717, 1.165) is 48.5 Å². The summed E-state index contributed by atoms with van der Waals surface area (Å²) in [5.41, 5.74) is 2.57. The first-order valence-corrected chi connectivity index (χ1v) is 15.5. The van der Waals surface area contributed by atoms with E-state index in [1.165, 1.54) is 39.9 Å². The van der Waals surface area contributed by atoms with Crippen LogP contribution in [-0.2, 0) is 34.3 Å². The Kier molecular flexibility index (Phi) is 9.55. The first-order chi connectivity index (χ1) is 18.8. The number of carbonyl (C=O) groups is 2. The minimum atomic E-state index is -3.75. The van der Waals surface area contributed by atoms with E-state index >= 15 is 0 Å². The summed E-state index contributed by atoms with van der Waals surface area (Å²) in [4.78, 5) is 29.6. The molecule has 0 saturated heterocycles. The summed E-state index contributed by atoms with van der Waals surface area (Å²) >= 11 is 1.41. The summed E-state index contributed by atoms with van der Waals surface area (Å²) in [6.07, 6.45) is 1.77. The Morgan fingerprint density at radius 3 is 2.41 bits per heavy atom. The molecule has 8 nitrogen and oxygen atoms in total. The van der Waals surface area contributed by atoms with Crippen molar-refractivity contribution in [2.75, 3.05) is 31.6 Å². The molecule has 1 aliphatic rings. The smallest absolute Gasteiger partial charge is 0.341 e. The topological polar surface area (TPSA) is 96.0 Å². The summed E-state index contributed by atoms with van der Waals surface area (Å²) in [6, 6.07) is 15.3. The van der Waals surface area contributed by atoms with Gasteiger partial charge >= 0.3 is 5.97 Å². The average molecular weight is 570 g/mol. The normalized spacial score (nSPS) is 13.7. The van der Waals surface area contributed by atoms with Gasteiger partial charge in [-0.25, -0.2) is 13.2 Å². The number of nitrogens with one attached hydrogen (secondary N) is 1. The Balaban J connectivity index is 1.54. The zero-order valence-corrected chi connectivity index (χ0v) is 24.2. The number of hydrogen-bond donors (Lipinski definition) is 1. The number of fused-ring (bicyclic) bond motifs is 1. The summed E-state index contributed by atoms with van der Waals surface area (Å²) < 4.78 is 33.3. The molecule has 10 heteroatoms. The molecule has 1 N–H and O–H groups in total. The monoisotopic (exact) mass is 569 g/mol. The van der Waals surface area contributed by atoms with E-state index in [-0.39, 0.29) is 18.0 Å². The molecule has 0 saturated carbocycles. The van der Waals surface area contributed by atoms with Crippen LogP contribution < -0.4 is 5.32 Å². The van der Waals surface area contributed by atoms with Gasteiger partial charge in [-0.2, -0.15) is 4.31 Å². The molecule has 0 aliphatic carbocycles. The van der Waals surface area contributed by atoms with Crippen molar-refractivity contribution < 1.29 is 22.7 Å². The molecule has 2 aromatic carbocycles. The predicted octanol–water partition coefficient (Wildman–Crippen LogP) is 5.16. The van der Waals surface area contributed by atoms with Crippen LogP contribution in [0.15, 0.2) is 59.5 Å². The number of ether oxygens (including phenoxy) is 1. The third-order valence-electron chi connectivity index (χ3n) is 6.69. The molecule has 208 valence electrons. The first kappa shape index (κ1) is 28.9. The lowest BCUT2D eigenvalue weighted by atomic mass is 10.0. The zero-order chi connectivity index (χ0) is 28.0. The van der Waals surface area contributed by atoms with Crippen molar-refractivity contribution in [2.24, 2.45) is 0 Å². The van der Waals surface area contributed by atoms with Gasteiger partial charge < -0.3 is 10.1 Å². The van der Waals surface area contributed by atoms with Crippen molar-refractivity contribution >= 4 is 38.2 Å². The number of hydrogen-bond acceptors (Lipinski definition) is 7. The number of thiophene rings is 1. The van der Waals surface area contributed by atoms with Gasteiger partial charge in [0.25, 0.3) is 5.91 Å². The molecule has 0 atom stereocenters. The van der Waals surface area contributed by atoms with Crippen molar-refractivity contribution in [3.8, 4) is 0 Å². The predicted molar refractivity (Wildman–Crippen MR) is 154 cm³/mol. The highest BCUT2D eigenvalue weighted by Gasteiger charge is 2.30. The maximum absolute atomic E-state index is 13.3. The van der Waals surface area contributed by atoms with Crippen LogP contribution in [0.25, 0.3) is 0 Å². The van der Waals surface area contributed by atoms with Crippen LogP contribution in [0.3, 0.4) is 0 Å². The number of sulfonamides is 1. The maximum atomic E-state index is 13.3. The van der Waals surface area contributed by atoms with E-state index in [9.17, 15) is 18.0 Å². The second-order valence-corrected chi connectivity index (χ2v) is 12.4. The number of esters is 1. The summed E-state index contributed by atoms with van der Waals surface area (Å²) in [6.45, 7) is 9.08. The van der Waals surface area contributed by atoms with E-state index in [2.05, 4.69) is 17.1 Å². The molecule has 1 amide bonds. The zero-order valence-electron chi connectivity index (χ0n) is 22.6. The Bertz CT molecular complexity index is 1400. The summed E-state index contributed by atoms with van der Waals surface area (Å²) in [5, 5.41) is 3.37. The molecule has 1 aliphatic heterocycles. The lowest BCUT2D eigenvalue weighted by Crippen LogP contribution is -2.30. The van der Waals surface area contributed by atoms with Gasteiger partial charge in [0.2, 0.25) is 10.0 Å². The van der Waals surface area contributed by atoms with Crippen LogP contribution in [0.5, 0.6) is 0 Å². The van der Waals surface area contributed by atoms with Crippen LogP contribution >= 0.6 is 11.3 Å². The van der Waals surface area contributed by atoms with E-state index in [4.69, 9.17) is 4.74 Å². The molecule has 1 aromatic heterocycles. The van der Waals surface area contributed by atoms with Crippen molar-refractivity contribution in [3.63, 3.8) is 0 Å². The highest BCUT2D eigenvalue weighted by atomic mass is 32.2. The molecule has 0 radical (unpaired) electrons. The summed E-state index contributed by atoms with van der Waals surface area (Å²) in [7, 11) is -3.75. The second kappa shape index (κ2) is 12.9. The van der Waals surface area contributed by atoms with Crippen LogP contribution in [0, 0.1) is 0 Å². The van der Waals surface area contributed by atoms with Gasteiger partial charge in [-0.05, 0) is 61.7 Å². The van der Waals surface area contributed by atoms with Gasteiger partial charge in [0, 0.05) is 36.6 Å². The van der Waals surface area contributed by atoms with Gasteiger partial charge in [-0.15, -0.1) is 11.3 Å². The Hall–Kier alpha value is -3.05. The third-order valence-corrected chi connectivity index (χ3v) is 9.76. The van der Waals surface area contributed by atoms with E-state index in [0.29, 0.717) is 22.7 Å². The average Bonchev–Trinajstić information content (AvgIpc) is 3.29. The minimum Gasteiger partial charge on any atom is -0.462 e. The van der Waals surface area contributed by atoms with Gasteiger partial charge in [0.05, 0.1) is 17.1 Å². The number of amides is 1. The molecule has 3 aromatic rings. The van der Waals surface area contributed by atoms with E-state index in [1.807, 2.05) is 30.3 Å². The molecule has 2 heterocycles. The third kappa shape index (κ3) is 6.58. The fourth-order valence-corrected chi connectivity index (χ4v) is 7.44. The van der Waals surface area contributed by atoms with Crippen molar-refractivity contribution in [3.05, 3.63) is 81.7 Å². The van der Waals surface area contributed by atoms with Crippen molar-refractivity contribution in [2.45, 2.75) is 51.6 Å². The SMILES string of the molecule is CCCN1CCc2c(sc(NC(=O)c3ccc(S(=O)(=O)N(CC)Cc4ccccc4)cc3)c2C(=O)OCC)C1. The van der Waals surface area contributed by atoms with Crippen LogP contribution in [0.4, 0.5) is 5.00 Å². The fraction of sp³-hybridized carbons (Fsp3) is 0.379. The number of anilines is 1. The number of benzene rings is 2. The van der Waals surface area contributed by atoms with E-state index in [1.54, 1.807) is 13.8 Å². The number of rotatable bonds is 11. The van der Waals surface area contributed by atoms with Crippen molar-refractivity contribution in [1.29, 1.82) is 0 Å². The van der Waals surface area contributed by atoms with Gasteiger partial charge in [0.1, 0.15) is 5.00 Å². The second-order valence-electron chi connectivity index (χ2n) is 9.35. The molecular weight excluding hydrogens is 534 g/mol. The Morgan fingerprint density at radius 2 is 1.77 bits per heavy atom. The quantitative estimate of drug-likeness (QED) is 0.321. The molecule has 0 bridgehead atoms. The Labute approximate surface area is 234 Å². The number of nitrogens with zero attached hydrogens (tertiary/aromatic N) is 2. The van der Waals surface area contributed by atoms with E-state index < -0.39 is 21.9 Å². The molecule has 0 fully saturated rings. The fourth-order valence-electron chi connectivity index (χ4n) is 4.73. The lowest BCUT2D eigenvalue weighted by Gasteiger charge is -2.26.